The van der Waals surface area contributed by atoms with E-state index in [4.69, 9.17) is 0 Å². The van der Waals surface area contributed by atoms with Gasteiger partial charge in [0.1, 0.15) is 5.82 Å². The van der Waals surface area contributed by atoms with Gasteiger partial charge in [0.15, 0.2) is 9.84 Å². The van der Waals surface area contributed by atoms with Gasteiger partial charge in [-0.05, 0) is 35.9 Å². The van der Waals surface area contributed by atoms with E-state index in [0.29, 0.717) is 54.9 Å². The Hall–Kier alpha value is -3.62. The monoisotopic (exact) mass is 503 g/mol. The number of sulfone groups is 1. The van der Waals surface area contributed by atoms with Crippen molar-refractivity contribution in [2.45, 2.75) is 17.2 Å². The number of halogens is 1. The Balaban J connectivity index is 1.22. The number of carbonyl (C=O) groups excluding carboxylic acids is 1. The zero-order chi connectivity index (χ0) is 25.1. The summed E-state index contributed by atoms with van der Waals surface area (Å²) < 4.78 is 40.2. The minimum Gasteiger partial charge on any atom is -0.336 e. The third kappa shape index (κ3) is 5.15. The van der Waals surface area contributed by atoms with Crippen LogP contribution in [0.2, 0.25) is 0 Å². The molecule has 8 heteroatoms. The number of aromatic nitrogens is 1. The molecule has 36 heavy (non-hydrogen) atoms. The molecule has 0 saturated carbocycles. The first-order valence-corrected chi connectivity index (χ1v) is 13.5. The van der Waals surface area contributed by atoms with E-state index in [1.54, 1.807) is 65.7 Å². The van der Waals surface area contributed by atoms with Crippen molar-refractivity contribution >= 4 is 26.6 Å². The van der Waals surface area contributed by atoms with Crippen LogP contribution in [0.5, 0.6) is 0 Å². The smallest absolute Gasteiger partial charge is 0.253 e. The first-order chi connectivity index (χ1) is 17.4. The van der Waals surface area contributed by atoms with E-state index in [1.165, 1.54) is 6.07 Å². The van der Waals surface area contributed by atoms with E-state index in [0.717, 1.165) is 5.39 Å². The molecule has 0 spiro atoms. The molecule has 0 aliphatic carbocycles. The number of pyridine rings is 1. The Labute approximate surface area is 209 Å². The predicted molar refractivity (Wildman–Crippen MR) is 137 cm³/mol. The van der Waals surface area contributed by atoms with Gasteiger partial charge in [-0.25, -0.2) is 12.8 Å². The molecular weight excluding hydrogens is 477 g/mol. The van der Waals surface area contributed by atoms with Crippen molar-refractivity contribution in [1.29, 1.82) is 0 Å². The first-order valence-electron chi connectivity index (χ1n) is 11.8. The fourth-order valence-electron chi connectivity index (χ4n) is 4.53. The average Bonchev–Trinajstić information content (AvgIpc) is 2.90. The van der Waals surface area contributed by atoms with Gasteiger partial charge in [-0.1, -0.05) is 48.5 Å². The Bertz CT molecular complexity index is 1490. The summed E-state index contributed by atoms with van der Waals surface area (Å²) in [6.45, 7) is 2.95. The van der Waals surface area contributed by atoms with Crippen molar-refractivity contribution in [1.82, 2.24) is 14.8 Å². The molecule has 0 atom stereocenters. The van der Waals surface area contributed by atoms with Gasteiger partial charge in [0.2, 0.25) is 0 Å². The molecule has 1 saturated heterocycles. The molecule has 6 nitrogen and oxygen atoms in total. The number of piperazine rings is 1. The number of para-hydroxylation sites is 1. The highest BCUT2D eigenvalue weighted by molar-refractivity contribution is 7.90. The van der Waals surface area contributed by atoms with Crippen LogP contribution in [0.3, 0.4) is 0 Å². The quantitative estimate of drug-likeness (QED) is 0.392. The van der Waals surface area contributed by atoms with Gasteiger partial charge < -0.3 is 4.90 Å². The van der Waals surface area contributed by atoms with Crippen LogP contribution in [0.4, 0.5) is 4.39 Å². The fraction of sp³-hybridized carbons (Fsp3) is 0.214. The number of hydrogen-bond acceptors (Lipinski definition) is 5. The normalized spacial score (nSPS) is 14.8. The van der Waals surface area contributed by atoms with Crippen molar-refractivity contribution in [3.8, 4) is 0 Å². The van der Waals surface area contributed by atoms with Crippen LogP contribution in [0.15, 0.2) is 90.0 Å². The van der Waals surface area contributed by atoms with Crippen molar-refractivity contribution in [2.75, 3.05) is 26.2 Å². The maximum atomic E-state index is 13.9. The fourth-order valence-corrected chi connectivity index (χ4v) is 6.06. The van der Waals surface area contributed by atoms with E-state index < -0.39 is 9.84 Å². The van der Waals surface area contributed by atoms with Gasteiger partial charge in [-0.2, -0.15) is 0 Å². The molecule has 1 fully saturated rings. The lowest BCUT2D eigenvalue weighted by Gasteiger charge is -2.34. The summed E-state index contributed by atoms with van der Waals surface area (Å²) in [5.41, 5.74) is 2.24. The second-order valence-corrected chi connectivity index (χ2v) is 10.9. The van der Waals surface area contributed by atoms with Crippen LogP contribution in [0, 0.1) is 5.82 Å². The van der Waals surface area contributed by atoms with Crippen LogP contribution in [-0.4, -0.2) is 55.3 Å². The van der Waals surface area contributed by atoms with Crippen molar-refractivity contribution in [3.05, 3.63) is 108 Å². The summed E-state index contributed by atoms with van der Waals surface area (Å²) >= 11 is 0. The molecule has 2 heterocycles. The number of nitrogens with zero attached hydrogens (tertiary/aromatic N) is 3. The van der Waals surface area contributed by atoms with Gasteiger partial charge in [0.05, 0.1) is 16.2 Å². The highest BCUT2D eigenvalue weighted by atomic mass is 32.2. The average molecular weight is 504 g/mol. The van der Waals surface area contributed by atoms with Gasteiger partial charge in [-0.3, -0.25) is 14.7 Å². The number of rotatable bonds is 6. The molecule has 1 aliphatic rings. The van der Waals surface area contributed by atoms with Crippen LogP contribution < -0.4 is 0 Å². The van der Waals surface area contributed by atoms with Crippen LogP contribution >= 0.6 is 0 Å². The molecule has 4 aromatic rings. The van der Waals surface area contributed by atoms with E-state index in [2.05, 4.69) is 9.88 Å². The Morgan fingerprint density at radius 3 is 2.33 bits per heavy atom. The van der Waals surface area contributed by atoms with Crippen molar-refractivity contribution in [2.24, 2.45) is 0 Å². The summed E-state index contributed by atoms with van der Waals surface area (Å²) in [6.07, 6.45) is 1.58. The van der Waals surface area contributed by atoms with Crippen molar-refractivity contribution < 1.29 is 17.6 Å². The minimum absolute atomic E-state index is 0.0896. The molecule has 1 amide bonds. The van der Waals surface area contributed by atoms with Crippen LogP contribution in [0.25, 0.3) is 10.9 Å². The Morgan fingerprint density at radius 1 is 0.861 bits per heavy atom. The molecule has 1 aliphatic heterocycles. The first kappa shape index (κ1) is 24.1. The highest BCUT2D eigenvalue weighted by Crippen LogP contribution is 2.24. The zero-order valence-corrected chi connectivity index (χ0v) is 20.5. The van der Waals surface area contributed by atoms with Gasteiger partial charge >= 0.3 is 0 Å². The SMILES string of the molecule is O=C(c1ccc(CS(=O)(=O)c2cccc3cccnc23)cc1)N1CCN(Cc2ccccc2F)CC1. The van der Waals surface area contributed by atoms with Gasteiger partial charge in [0.25, 0.3) is 5.91 Å². The summed E-state index contributed by atoms with van der Waals surface area (Å²) in [4.78, 5) is 21.4. The maximum absolute atomic E-state index is 13.9. The Morgan fingerprint density at radius 2 is 1.58 bits per heavy atom. The number of fused-ring (bicyclic) bond motifs is 1. The number of carbonyl (C=O) groups is 1. The molecule has 0 N–H and O–H groups in total. The molecule has 0 bridgehead atoms. The molecule has 5 rings (SSSR count). The number of benzene rings is 3. The second-order valence-electron chi connectivity index (χ2n) is 8.95. The van der Waals surface area contributed by atoms with Crippen LogP contribution in [0.1, 0.15) is 21.5 Å². The summed E-state index contributed by atoms with van der Waals surface area (Å²) in [7, 11) is -3.62. The topological polar surface area (TPSA) is 70.6 Å². The molecule has 0 unspecified atom stereocenters. The second kappa shape index (κ2) is 10.2. The van der Waals surface area contributed by atoms with Gasteiger partial charge in [-0.15, -0.1) is 0 Å². The molecule has 0 radical (unpaired) electrons. The van der Waals surface area contributed by atoms with Gasteiger partial charge in [0, 0.05) is 55.4 Å². The summed E-state index contributed by atoms with van der Waals surface area (Å²) in [5, 5.41) is 0.772. The lowest BCUT2D eigenvalue weighted by atomic mass is 10.1. The lowest BCUT2D eigenvalue weighted by molar-refractivity contribution is 0.0627. The minimum atomic E-state index is -3.62. The molecular formula is C28H26FN3O3S. The number of hydrogen-bond donors (Lipinski definition) is 0. The zero-order valence-electron chi connectivity index (χ0n) is 19.7. The lowest BCUT2D eigenvalue weighted by Crippen LogP contribution is -2.48. The van der Waals surface area contributed by atoms with E-state index in [9.17, 15) is 17.6 Å². The third-order valence-electron chi connectivity index (χ3n) is 6.50. The molecule has 184 valence electrons. The maximum Gasteiger partial charge on any atom is 0.253 e. The van der Waals surface area contributed by atoms with Crippen molar-refractivity contribution in [3.63, 3.8) is 0 Å². The summed E-state index contributed by atoms with van der Waals surface area (Å²) in [5.74, 6) is -0.477. The molecule has 1 aromatic heterocycles. The van der Waals surface area contributed by atoms with E-state index in [-0.39, 0.29) is 22.4 Å². The molecule has 3 aromatic carbocycles. The Kier molecular flexibility index (Phi) is 6.80. The number of amides is 1. The van der Waals surface area contributed by atoms with E-state index in [1.807, 2.05) is 18.2 Å². The standard InChI is InChI=1S/C28H26FN3O3S/c29-25-8-2-1-5-24(25)19-31-15-17-32(18-16-31)28(33)23-12-10-21(11-13-23)20-36(34,35)26-9-3-6-22-7-4-14-30-27(22)26/h1-14H,15-20H2. The van der Waals surface area contributed by atoms with E-state index >= 15 is 0 Å². The predicted octanol–water partition coefficient (Wildman–Crippen LogP) is 4.31. The third-order valence-corrected chi connectivity index (χ3v) is 8.21. The highest BCUT2D eigenvalue weighted by Gasteiger charge is 2.23. The summed E-state index contributed by atoms with van der Waals surface area (Å²) in [6, 6.07) is 22.2. The van der Waals surface area contributed by atoms with Crippen LogP contribution in [-0.2, 0) is 22.1 Å². The largest absolute Gasteiger partial charge is 0.336 e.